The summed E-state index contributed by atoms with van der Waals surface area (Å²) in [5.41, 5.74) is -0.822. The summed E-state index contributed by atoms with van der Waals surface area (Å²) in [5.74, 6) is 0.307. The zero-order valence-corrected chi connectivity index (χ0v) is 11.2. The monoisotopic (exact) mass is 286 g/mol. The van der Waals surface area contributed by atoms with Crippen molar-refractivity contribution in [2.24, 2.45) is 0 Å². The molecule has 1 unspecified atom stereocenters. The van der Waals surface area contributed by atoms with Crippen LogP contribution in [-0.2, 0) is 9.53 Å². The fourth-order valence-electron chi connectivity index (χ4n) is 1.12. The lowest BCUT2D eigenvalue weighted by Gasteiger charge is -2.25. The van der Waals surface area contributed by atoms with E-state index in [0.717, 1.165) is 4.47 Å². The average molecular weight is 287 g/mol. The quantitative estimate of drug-likeness (QED) is 0.926. The lowest BCUT2D eigenvalue weighted by atomic mass is 10.0. The van der Waals surface area contributed by atoms with Gasteiger partial charge in [0, 0.05) is 13.3 Å². The Kier molecular flexibility index (Phi) is 4.44. The minimum atomic E-state index is -0.822. The highest BCUT2D eigenvalue weighted by Crippen LogP contribution is 2.21. The second kappa shape index (κ2) is 5.41. The predicted molar refractivity (Wildman–Crippen MR) is 66.3 cm³/mol. The van der Waals surface area contributed by atoms with Gasteiger partial charge in [-0.1, -0.05) is 6.92 Å². The Labute approximate surface area is 104 Å². The van der Waals surface area contributed by atoms with E-state index in [4.69, 9.17) is 4.74 Å². The summed E-state index contributed by atoms with van der Waals surface area (Å²) < 4.78 is 5.95. The maximum Gasteiger partial charge on any atom is 0.257 e. The van der Waals surface area contributed by atoms with Crippen LogP contribution < -0.4 is 5.32 Å². The van der Waals surface area contributed by atoms with Gasteiger partial charge < -0.3 is 10.1 Å². The molecule has 0 bridgehead atoms. The maximum absolute atomic E-state index is 12.0. The molecule has 88 valence electrons. The fourth-order valence-corrected chi connectivity index (χ4v) is 1.47. The molecular weight excluding hydrogens is 272 g/mol. The van der Waals surface area contributed by atoms with Crippen LogP contribution in [0.3, 0.4) is 0 Å². The highest BCUT2D eigenvalue weighted by Gasteiger charge is 2.31. The first kappa shape index (κ1) is 13.1. The van der Waals surface area contributed by atoms with Crippen molar-refractivity contribution in [3.05, 3.63) is 22.8 Å². The lowest BCUT2D eigenvalue weighted by Crippen LogP contribution is -2.41. The van der Waals surface area contributed by atoms with Crippen molar-refractivity contribution in [3.63, 3.8) is 0 Å². The minimum Gasteiger partial charge on any atom is -0.369 e. The number of methoxy groups -OCH3 is 1. The second-order valence-electron chi connectivity index (χ2n) is 3.58. The highest BCUT2D eigenvalue weighted by molar-refractivity contribution is 9.10. The van der Waals surface area contributed by atoms with E-state index in [1.165, 1.54) is 7.11 Å². The topological polar surface area (TPSA) is 51.2 Å². The van der Waals surface area contributed by atoms with Gasteiger partial charge in [-0.25, -0.2) is 4.98 Å². The molecule has 1 atom stereocenters. The third-order valence-corrected chi connectivity index (χ3v) is 3.24. The zero-order chi connectivity index (χ0) is 12.2. The van der Waals surface area contributed by atoms with Crippen LogP contribution in [0.15, 0.2) is 22.8 Å². The van der Waals surface area contributed by atoms with E-state index in [9.17, 15) is 4.79 Å². The second-order valence-corrected chi connectivity index (χ2v) is 4.43. The maximum atomic E-state index is 12.0. The minimum absolute atomic E-state index is 0.197. The average Bonchev–Trinajstić information content (AvgIpc) is 2.31. The molecule has 0 saturated heterocycles. The Morgan fingerprint density at radius 2 is 2.38 bits per heavy atom. The normalized spacial score (nSPS) is 14.2. The van der Waals surface area contributed by atoms with Gasteiger partial charge >= 0.3 is 0 Å². The van der Waals surface area contributed by atoms with Crippen molar-refractivity contribution in [2.75, 3.05) is 12.4 Å². The van der Waals surface area contributed by atoms with Crippen molar-refractivity contribution in [2.45, 2.75) is 25.9 Å². The van der Waals surface area contributed by atoms with Crippen molar-refractivity contribution in [1.82, 2.24) is 4.98 Å². The van der Waals surface area contributed by atoms with Crippen LogP contribution in [0.5, 0.6) is 0 Å². The first-order valence-electron chi connectivity index (χ1n) is 5.00. The van der Waals surface area contributed by atoms with Crippen LogP contribution in [0.1, 0.15) is 20.3 Å². The molecule has 0 spiro atoms. The lowest BCUT2D eigenvalue weighted by molar-refractivity contribution is -0.136. The molecule has 0 fully saturated rings. The van der Waals surface area contributed by atoms with Gasteiger partial charge in [0.15, 0.2) is 0 Å². The highest BCUT2D eigenvalue weighted by atomic mass is 79.9. The van der Waals surface area contributed by atoms with Crippen LogP contribution in [0.2, 0.25) is 0 Å². The van der Waals surface area contributed by atoms with Crippen molar-refractivity contribution >= 4 is 27.7 Å². The van der Waals surface area contributed by atoms with Gasteiger partial charge in [0.2, 0.25) is 0 Å². The molecule has 5 heteroatoms. The van der Waals surface area contributed by atoms with E-state index in [0.29, 0.717) is 12.2 Å². The summed E-state index contributed by atoms with van der Waals surface area (Å²) in [4.78, 5) is 16.0. The molecule has 0 aliphatic heterocycles. The Bertz CT molecular complexity index is 378. The molecule has 1 amide bonds. The van der Waals surface area contributed by atoms with Gasteiger partial charge in [-0.05, 0) is 41.4 Å². The number of ether oxygens (including phenoxy) is 1. The molecule has 0 aromatic carbocycles. The third kappa shape index (κ3) is 2.80. The molecule has 0 aliphatic carbocycles. The van der Waals surface area contributed by atoms with E-state index in [1.54, 1.807) is 19.2 Å². The number of hydrogen-bond acceptors (Lipinski definition) is 3. The number of nitrogens with zero attached hydrogens (tertiary/aromatic N) is 1. The van der Waals surface area contributed by atoms with Crippen LogP contribution in [0, 0.1) is 0 Å². The molecule has 16 heavy (non-hydrogen) atoms. The standard InChI is InChI=1S/C11H15BrN2O2/c1-4-11(2,16-3)10(15)14-9-8(12)6-5-7-13-9/h5-7H,4H2,1-3H3,(H,13,14,15). The zero-order valence-electron chi connectivity index (χ0n) is 9.58. The smallest absolute Gasteiger partial charge is 0.257 e. The SMILES string of the molecule is CCC(C)(OC)C(=O)Nc1ncccc1Br. The summed E-state index contributed by atoms with van der Waals surface area (Å²) in [6.07, 6.45) is 2.22. The van der Waals surface area contributed by atoms with Crippen molar-refractivity contribution in [1.29, 1.82) is 0 Å². The Balaban J connectivity index is 2.83. The van der Waals surface area contributed by atoms with Crippen molar-refractivity contribution in [3.8, 4) is 0 Å². The summed E-state index contributed by atoms with van der Waals surface area (Å²) in [7, 11) is 1.52. The Morgan fingerprint density at radius 1 is 1.69 bits per heavy atom. The molecule has 1 N–H and O–H groups in total. The first-order valence-corrected chi connectivity index (χ1v) is 5.80. The van der Waals surface area contributed by atoms with Crippen LogP contribution in [-0.4, -0.2) is 23.6 Å². The van der Waals surface area contributed by atoms with Gasteiger partial charge in [-0.3, -0.25) is 4.79 Å². The number of anilines is 1. The van der Waals surface area contributed by atoms with E-state index in [2.05, 4.69) is 26.2 Å². The summed E-state index contributed by atoms with van der Waals surface area (Å²) >= 11 is 3.32. The van der Waals surface area contributed by atoms with Gasteiger partial charge in [0.05, 0.1) is 4.47 Å². The van der Waals surface area contributed by atoms with E-state index >= 15 is 0 Å². The molecular formula is C11H15BrN2O2. The molecule has 1 heterocycles. The van der Waals surface area contributed by atoms with Gasteiger partial charge in [-0.15, -0.1) is 0 Å². The number of carbonyl (C=O) groups excluding carboxylic acids is 1. The fraction of sp³-hybridized carbons (Fsp3) is 0.455. The molecule has 1 rings (SSSR count). The Morgan fingerprint density at radius 3 is 2.88 bits per heavy atom. The number of nitrogens with one attached hydrogen (secondary N) is 1. The van der Waals surface area contributed by atoms with Crippen LogP contribution in [0.25, 0.3) is 0 Å². The molecule has 1 aromatic heterocycles. The van der Waals surface area contributed by atoms with Gasteiger partial charge in [0.1, 0.15) is 11.4 Å². The molecule has 4 nitrogen and oxygen atoms in total. The predicted octanol–water partition coefficient (Wildman–Crippen LogP) is 2.60. The summed E-state index contributed by atoms with van der Waals surface area (Å²) in [5, 5.41) is 2.73. The largest absolute Gasteiger partial charge is 0.369 e. The summed E-state index contributed by atoms with van der Waals surface area (Å²) in [6, 6.07) is 3.60. The molecule has 1 aromatic rings. The Hall–Kier alpha value is -0.940. The van der Waals surface area contributed by atoms with Crippen LogP contribution >= 0.6 is 15.9 Å². The van der Waals surface area contributed by atoms with Gasteiger partial charge in [0.25, 0.3) is 5.91 Å². The molecule has 0 radical (unpaired) electrons. The number of aromatic nitrogens is 1. The van der Waals surface area contributed by atoms with Crippen molar-refractivity contribution < 1.29 is 9.53 Å². The number of hydrogen-bond donors (Lipinski definition) is 1. The first-order chi connectivity index (χ1) is 7.53. The number of rotatable bonds is 4. The third-order valence-electron chi connectivity index (χ3n) is 2.60. The van der Waals surface area contributed by atoms with Gasteiger partial charge in [-0.2, -0.15) is 0 Å². The van der Waals surface area contributed by atoms with E-state index in [-0.39, 0.29) is 5.91 Å². The summed E-state index contributed by atoms with van der Waals surface area (Å²) in [6.45, 7) is 3.65. The number of carbonyl (C=O) groups is 1. The van der Waals surface area contributed by atoms with E-state index < -0.39 is 5.60 Å². The molecule has 0 aliphatic rings. The number of halogens is 1. The van der Waals surface area contributed by atoms with E-state index in [1.807, 2.05) is 13.0 Å². The van der Waals surface area contributed by atoms with Crippen LogP contribution in [0.4, 0.5) is 5.82 Å². The molecule has 0 saturated carbocycles. The number of amides is 1. The number of pyridine rings is 1.